The van der Waals surface area contributed by atoms with E-state index in [1.54, 1.807) is 6.07 Å². The van der Waals surface area contributed by atoms with Gasteiger partial charge < -0.3 is 10.5 Å². The Balaban J connectivity index is 2.29. The van der Waals surface area contributed by atoms with E-state index in [-0.39, 0.29) is 5.69 Å². The molecule has 0 fully saturated rings. The maximum Gasteiger partial charge on any atom is 0.302 e. The zero-order valence-corrected chi connectivity index (χ0v) is 9.25. The van der Waals surface area contributed by atoms with Crippen LogP contribution in [0.4, 0.5) is 5.69 Å². The number of ether oxygens (including phenoxy) is 1. The second-order valence-corrected chi connectivity index (χ2v) is 4.02. The Morgan fingerprint density at radius 2 is 2.29 bits per heavy atom. The molecule has 17 heavy (non-hydrogen) atoms. The highest BCUT2D eigenvalue weighted by Crippen LogP contribution is 2.34. The minimum atomic E-state index is -0.492. The van der Waals surface area contributed by atoms with E-state index in [1.165, 1.54) is 19.1 Å². The number of nitrogens with two attached hydrogens (primary N) is 1. The van der Waals surface area contributed by atoms with Crippen LogP contribution in [0.1, 0.15) is 24.1 Å². The van der Waals surface area contributed by atoms with Crippen molar-refractivity contribution in [3.8, 4) is 0 Å². The third-order valence-corrected chi connectivity index (χ3v) is 2.84. The first kappa shape index (κ1) is 11.5. The highest BCUT2D eigenvalue weighted by Gasteiger charge is 2.33. The molecular weight excluding hydrogens is 224 g/mol. The molecule has 2 rings (SSSR count). The molecular formula is C11H12N2O4. The molecule has 0 radical (unpaired) electrons. The van der Waals surface area contributed by atoms with Crippen molar-refractivity contribution in [3.63, 3.8) is 0 Å². The molecule has 2 N–H and O–H groups in total. The van der Waals surface area contributed by atoms with Gasteiger partial charge in [-0.25, -0.2) is 0 Å². The first-order chi connectivity index (χ1) is 7.99. The molecule has 0 unspecified atom stereocenters. The van der Waals surface area contributed by atoms with Crippen molar-refractivity contribution in [1.29, 1.82) is 0 Å². The highest BCUT2D eigenvalue weighted by atomic mass is 16.6. The van der Waals surface area contributed by atoms with Gasteiger partial charge in [0.15, 0.2) is 0 Å². The molecule has 0 saturated heterocycles. The summed E-state index contributed by atoms with van der Waals surface area (Å²) in [5, 5.41) is 10.6. The number of nitro benzene ring substituents is 1. The maximum atomic E-state index is 10.9. The third kappa shape index (κ3) is 2.12. The number of fused-ring (bicyclic) bond motifs is 1. The Morgan fingerprint density at radius 3 is 2.88 bits per heavy atom. The molecule has 0 aliphatic heterocycles. The fourth-order valence-electron chi connectivity index (χ4n) is 2.06. The van der Waals surface area contributed by atoms with Crippen molar-refractivity contribution in [2.24, 2.45) is 5.73 Å². The number of hydrogen-bond acceptors (Lipinski definition) is 5. The molecule has 1 aliphatic rings. The second-order valence-electron chi connectivity index (χ2n) is 4.02. The third-order valence-electron chi connectivity index (χ3n) is 2.84. The molecule has 1 aromatic carbocycles. The van der Waals surface area contributed by atoms with Crippen molar-refractivity contribution < 1.29 is 14.5 Å². The van der Waals surface area contributed by atoms with Crippen LogP contribution in [-0.4, -0.2) is 17.0 Å². The van der Waals surface area contributed by atoms with Gasteiger partial charge in [0.2, 0.25) is 0 Å². The van der Waals surface area contributed by atoms with Gasteiger partial charge in [0, 0.05) is 25.5 Å². The van der Waals surface area contributed by atoms with E-state index >= 15 is 0 Å². The highest BCUT2D eigenvalue weighted by molar-refractivity contribution is 5.66. The van der Waals surface area contributed by atoms with Crippen LogP contribution < -0.4 is 5.73 Å². The summed E-state index contributed by atoms with van der Waals surface area (Å²) in [5.41, 5.74) is 7.49. The largest absolute Gasteiger partial charge is 0.460 e. The Bertz CT molecular complexity index is 486. The van der Waals surface area contributed by atoms with Gasteiger partial charge in [0.05, 0.1) is 11.0 Å². The van der Waals surface area contributed by atoms with Crippen LogP contribution in [0, 0.1) is 10.1 Å². The van der Waals surface area contributed by atoms with Crippen LogP contribution in [0.5, 0.6) is 0 Å². The molecule has 6 nitrogen and oxygen atoms in total. The molecule has 0 bridgehead atoms. The van der Waals surface area contributed by atoms with Crippen molar-refractivity contribution >= 4 is 11.7 Å². The summed E-state index contributed by atoms with van der Waals surface area (Å²) < 4.78 is 5.07. The minimum absolute atomic E-state index is 0.00248. The normalized spacial score (nSPS) is 22.0. The SMILES string of the molecule is CC(=O)O[C@@H]1Cc2ccc([N+](=O)[O-])cc2[C@H]1N. The zero-order chi connectivity index (χ0) is 12.6. The van der Waals surface area contributed by atoms with E-state index in [4.69, 9.17) is 10.5 Å². The van der Waals surface area contributed by atoms with Crippen molar-refractivity contribution in [3.05, 3.63) is 39.4 Å². The lowest BCUT2D eigenvalue weighted by atomic mass is 10.1. The van der Waals surface area contributed by atoms with E-state index < -0.39 is 23.0 Å². The lowest BCUT2D eigenvalue weighted by Gasteiger charge is -2.15. The lowest BCUT2D eigenvalue weighted by molar-refractivity contribution is -0.384. The predicted octanol–water partition coefficient (Wildman–Crippen LogP) is 1.08. The van der Waals surface area contributed by atoms with E-state index in [0.29, 0.717) is 12.0 Å². The zero-order valence-electron chi connectivity index (χ0n) is 9.25. The Labute approximate surface area is 97.5 Å². The summed E-state index contributed by atoms with van der Waals surface area (Å²) in [5.74, 6) is -0.396. The Morgan fingerprint density at radius 1 is 1.59 bits per heavy atom. The maximum absolute atomic E-state index is 10.9. The average molecular weight is 236 g/mol. The van der Waals surface area contributed by atoms with E-state index in [0.717, 1.165) is 5.56 Å². The lowest BCUT2D eigenvalue weighted by Crippen LogP contribution is -2.26. The summed E-state index contributed by atoms with van der Waals surface area (Å²) in [7, 11) is 0. The van der Waals surface area contributed by atoms with Gasteiger partial charge in [-0.2, -0.15) is 0 Å². The van der Waals surface area contributed by atoms with Crippen LogP contribution in [0.15, 0.2) is 18.2 Å². The van der Waals surface area contributed by atoms with Gasteiger partial charge in [-0.1, -0.05) is 6.07 Å². The summed E-state index contributed by atoms with van der Waals surface area (Å²) in [6.45, 7) is 1.32. The van der Waals surface area contributed by atoms with Crippen molar-refractivity contribution in [2.45, 2.75) is 25.5 Å². The van der Waals surface area contributed by atoms with Gasteiger partial charge in [-0.15, -0.1) is 0 Å². The fourth-order valence-corrected chi connectivity index (χ4v) is 2.06. The van der Waals surface area contributed by atoms with Gasteiger partial charge in [-0.05, 0) is 11.1 Å². The van der Waals surface area contributed by atoms with E-state index in [9.17, 15) is 14.9 Å². The number of nitro groups is 1. The molecule has 0 spiro atoms. The average Bonchev–Trinajstić information content (AvgIpc) is 2.55. The Kier molecular flexibility index (Phi) is 2.81. The number of esters is 1. The number of benzene rings is 1. The van der Waals surface area contributed by atoms with Crippen LogP contribution in [-0.2, 0) is 16.0 Å². The molecule has 6 heteroatoms. The predicted molar refractivity (Wildman–Crippen MR) is 59.3 cm³/mol. The quantitative estimate of drug-likeness (QED) is 0.471. The number of non-ortho nitro benzene ring substituents is 1. The first-order valence-electron chi connectivity index (χ1n) is 5.19. The molecule has 90 valence electrons. The van der Waals surface area contributed by atoms with E-state index in [2.05, 4.69) is 0 Å². The number of nitrogens with zero attached hydrogens (tertiary/aromatic N) is 1. The molecule has 0 saturated carbocycles. The standard InChI is InChI=1S/C11H12N2O4/c1-6(14)17-10-4-7-2-3-8(13(15)16)5-9(7)11(10)12/h2-3,5,10-11H,4,12H2,1H3/t10-,11-/m1/s1. The van der Waals surface area contributed by atoms with Crippen molar-refractivity contribution in [1.82, 2.24) is 0 Å². The first-order valence-corrected chi connectivity index (χ1v) is 5.19. The molecule has 0 amide bonds. The summed E-state index contributed by atoms with van der Waals surface area (Å²) in [4.78, 5) is 21.1. The molecule has 0 heterocycles. The van der Waals surface area contributed by atoms with E-state index in [1.807, 2.05) is 0 Å². The van der Waals surface area contributed by atoms with Crippen LogP contribution >= 0.6 is 0 Å². The monoisotopic (exact) mass is 236 g/mol. The topological polar surface area (TPSA) is 95.5 Å². The molecule has 0 aromatic heterocycles. The summed E-state index contributed by atoms with van der Waals surface area (Å²) >= 11 is 0. The van der Waals surface area contributed by atoms with Gasteiger partial charge in [0.25, 0.3) is 5.69 Å². The summed E-state index contributed by atoms with van der Waals surface area (Å²) in [6.07, 6.45) is 0.0816. The second kappa shape index (κ2) is 4.14. The van der Waals surface area contributed by atoms with Crippen molar-refractivity contribution in [2.75, 3.05) is 0 Å². The number of rotatable bonds is 2. The number of carbonyl (C=O) groups excluding carboxylic acids is 1. The summed E-state index contributed by atoms with van der Waals surface area (Å²) in [6, 6.07) is 4.05. The minimum Gasteiger partial charge on any atom is -0.460 e. The Hall–Kier alpha value is -1.95. The molecule has 1 aliphatic carbocycles. The van der Waals surface area contributed by atoms with Crippen LogP contribution in [0.3, 0.4) is 0 Å². The fraction of sp³-hybridized carbons (Fsp3) is 0.364. The molecule has 2 atom stereocenters. The molecule has 1 aromatic rings. The van der Waals surface area contributed by atoms with Gasteiger partial charge >= 0.3 is 5.97 Å². The smallest absolute Gasteiger partial charge is 0.302 e. The number of hydrogen-bond donors (Lipinski definition) is 1. The van der Waals surface area contributed by atoms with Crippen LogP contribution in [0.25, 0.3) is 0 Å². The van der Waals surface area contributed by atoms with Gasteiger partial charge in [-0.3, -0.25) is 14.9 Å². The number of carbonyl (C=O) groups is 1. The van der Waals surface area contributed by atoms with Crippen LogP contribution in [0.2, 0.25) is 0 Å². The van der Waals surface area contributed by atoms with Gasteiger partial charge in [0.1, 0.15) is 6.10 Å².